The van der Waals surface area contributed by atoms with Gasteiger partial charge in [-0.3, -0.25) is 9.80 Å². The summed E-state index contributed by atoms with van der Waals surface area (Å²) in [4.78, 5) is 4.63. The summed E-state index contributed by atoms with van der Waals surface area (Å²) in [5.41, 5.74) is 3.72. The molecule has 1 heterocycles. The van der Waals surface area contributed by atoms with Crippen LogP contribution in [-0.4, -0.2) is 76.6 Å². The van der Waals surface area contributed by atoms with Crippen molar-refractivity contribution < 1.29 is 14.2 Å². The first-order chi connectivity index (χ1) is 21.0. The van der Waals surface area contributed by atoms with Gasteiger partial charge in [0.15, 0.2) is 0 Å². The highest BCUT2D eigenvalue weighted by Crippen LogP contribution is 2.34. The van der Waals surface area contributed by atoms with Gasteiger partial charge in [-0.05, 0) is 79.3 Å². The lowest BCUT2D eigenvalue weighted by atomic mass is 9.79. The highest BCUT2D eigenvalue weighted by atomic mass is 16.5. The van der Waals surface area contributed by atoms with E-state index in [4.69, 9.17) is 14.2 Å². The second-order valence-electron chi connectivity index (χ2n) is 12.0. The quantitative estimate of drug-likeness (QED) is 0.134. The zero-order chi connectivity index (χ0) is 29.9. The summed E-state index contributed by atoms with van der Waals surface area (Å²) in [7, 11) is 6.45. The molecule has 4 aromatic carbocycles. The van der Waals surface area contributed by atoms with Gasteiger partial charge >= 0.3 is 0 Å². The Morgan fingerprint density at radius 2 is 1.51 bits per heavy atom. The fourth-order valence-electron chi connectivity index (χ4n) is 6.17. The van der Waals surface area contributed by atoms with Crippen LogP contribution in [0.25, 0.3) is 10.8 Å². The lowest BCUT2D eigenvalue weighted by Crippen LogP contribution is -2.50. The van der Waals surface area contributed by atoms with E-state index in [9.17, 15) is 0 Å². The Kier molecular flexibility index (Phi) is 11.6. The first-order valence-electron chi connectivity index (χ1n) is 15.5. The molecule has 6 heteroatoms. The molecule has 1 fully saturated rings. The molecule has 0 aromatic heterocycles. The van der Waals surface area contributed by atoms with E-state index in [0.29, 0.717) is 32.3 Å². The van der Waals surface area contributed by atoms with E-state index >= 15 is 0 Å². The van der Waals surface area contributed by atoms with Gasteiger partial charge in [0.2, 0.25) is 0 Å². The van der Waals surface area contributed by atoms with Gasteiger partial charge in [0.05, 0.1) is 32.5 Å². The molecule has 0 radical (unpaired) electrons. The standard InChI is InChI=1S/C37H47N3O3/c1-39(2)28-40(3)25-34-23-38-24-36(43-27-30-14-15-31-12-7-8-13-33(31)22-30)37(34)32-16-18-35(19-17-32)42-21-9-20-41-26-29-10-5-4-6-11-29/h4-8,10-19,22,34,36-38H,9,20-21,23-28H2,1-3H3. The van der Waals surface area contributed by atoms with Crippen LogP contribution in [0.5, 0.6) is 5.75 Å². The van der Waals surface area contributed by atoms with Crippen LogP contribution < -0.4 is 10.1 Å². The first-order valence-corrected chi connectivity index (χ1v) is 15.5. The molecule has 0 amide bonds. The topological polar surface area (TPSA) is 46.2 Å². The van der Waals surface area contributed by atoms with Crippen molar-refractivity contribution >= 4 is 10.8 Å². The number of hydrogen-bond acceptors (Lipinski definition) is 6. The summed E-state index contributed by atoms with van der Waals surface area (Å²) in [6.07, 6.45) is 0.930. The molecule has 1 aliphatic rings. The van der Waals surface area contributed by atoms with Gasteiger partial charge in [0.1, 0.15) is 5.75 Å². The number of piperidine rings is 1. The molecule has 3 atom stereocenters. The van der Waals surface area contributed by atoms with Gasteiger partial charge in [-0.1, -0.05) is 78.9 Å². The smallest absolute Gasteiger partial charge is 0.119 e. The average Bonchev–Trinajstić information content (AvgIpc) is 3.02. The Labute approximate surface area is 257 Å². The molecule has 0 spiro atoms. The lowest BCUT2D eigenvalue weighted by molar-refractivity contribution is -0.0119. The third-order valence-corrected chi connectivity index (χ3v) is 8.09. The van der Waals surface area contributed by atoms with E-state index in [2.05, 4.69) is 115 Å². The molecule has 1 N–H and O–H groups in total. The maximum absolute atomic E-state index is 6.71. The van der Waals surface area contributed by atoms with Crippen LogP contribution in [0, 0.1) is 5.92 Å². The number of nitrogens with one attached hydrogen (secondary N) is 1. The minimum absolute atomic E-state index is 0.0755. The summed E-state index contributed by atoms with van der Waals surface area (Å²) in [5, 5.41) is 6.19. The SMILES string of the molecule is CN(C)CN(C)CC1CNCC(OCc2ccc3ccccc3c2)C1c1ccc(OCCCOCc2ccccc2)cc1. The van der Waals surface area contributed by atoms with E-state index < -0.39 is 0 Å². The molecule has 1 aliphatic heterocycles. The maximum Gasteiger partial charge on any atom is 0.119 e. The third-order valence-electron chi connectivity index (χ3n) is 8.09. The van der Waals surface area contributed by atoms with Crippen molar-refractivity contribution in [3.8, 4) is 5.75 Å². The highest BCUT2D eigenvalue weighted by Gasteiger charge is 2.36. The Morgan fingerprint density at radius 1 is 0.744 bits per heavy atom. The fourth-order valence-corrected chi connectivity index (χ4v) is 6.17. The molecular weight excluding hydrogens is 534 g/mol. The molecule has 5 rings (SSSR count). The molecule has 0 aliphatic carbocycles. The van der Waals surface area contributed by atoms with Crippen molar-refractivity contribution in [2.45, 2.75) is 31.7 Å². The average molecular weight is 582 g/mol. The largest absolute Gasteiger partial charge is 0.494 e. The van der Waals surface area contributed by atoms with Crippen LogP contribution in [0.4, 0.5) is 0 Å². The monoisotopic (exact) mass is 581 g/mol. The van der Waals surface area contributed by atoms with E-state index in [1.165, 1.54) is 27.5 Å². The summed E-state index contributed by atoms with van der Waals surface area (Å²) >= 11 is 0. The Balaban J connectivity index is 1.20. The molecule has 228 valence electrons. The van der Waals surface area contributed by atoms with Crippen LogP contribution in [-0.2, 0) is 22.7 Å². The Morgan fingerprint density at radius 3 is 2.30 bits per heavy atom. The number of fused-ring (bicyclic) bond motifs is 1. The lowest BCUT2D eigenvalue weighted by Gasteiger charge is -2.41. The number of hydrogen-bond donors (Lipinski definition) is 1. The molecular formula is C37H47N3O3. The zero-order valence-corrected chi connectivity index (χ0v) is 26.0. The number of rotatable bonds is 15. The minimum Gasteiger partial charge on any atom is -0.494 e. The second kappa shape index (κ2) is 16.0. The van der Waals surface area contributed by atoms with Crippen molar-refractivity contribution in [3.63, 3.8) is 0 Å². The van der Waals surface area contributed by atoms with Crippen molar-refractivity contribution in [1.29, 1.82) is 0 Å². The summed E-state index contributed by atoms with van der Waals surface area (Å²) in [6, 6.07) is 34.1. The Bertz CT molecular complexity index is 1380. The molecule has 0 bridgehead atoms. The number of ether oxygens (including phenoxy) is 3. The van der Waals surface area contributed by atoms with Crippen LogP contribution in [0.15, 0.2) is 97.1 Å². The van der Waals surface area contributed by atoms with Crippen molar-refractivity contribution in [1.82, 2.24) is 15.1 Å². The van der Waals surface area contributed by atoms with Gasteiger partial charge in [0, 0.05) is 32.1 Å². The second-order valence-corrected chi connectivity index (χ2v) is 12.0. The first kappa shape index (κ1) is 31.2. The molecule has 3 unspecified atom stereocenters. The number of nitrogens with zero attached hydrogens (tertiary/aromatic N) is 2. The Hall–Kier alpha value is -3.26. The summed E-state index contributed by atoms with van der Waals surface area (Å²) < 4.78 is 18.6. The van der Waals surface area contributed by atoms with Gasteiger partial charge < -0.3 is 19.5 Å². The van der Waals surface area contributed by atoms with Crippen molar-refractivity contribution in [3.05, 3.63) is 114 Å². The van der Waals surface area contributed by atoms with Crippen LogP contribution >= 0.6 is 0 Å². The normalized spacial score (nSPS) is 18.9. The van der Waals surface area contributed by atoms with E-state index in [1.54, 1.807) is 0 Å². The fraction of sp³-hybridized carbons (Fsp3) is 0.405. The predicted molar refractivity (Wildman–Crippen MR) is 175 cm³/mol. The molecule has 6 nitrogen and oxygen atoms in total. The third kappa shape index (κ3) is 9.36. The summed E-state index contributed by atoms with van der Waals surface area (Å²) in [6.45, 7) is 6.28. The molecule has 0 saturated carbocycles. The highest BCUT2D eigenvalue weighted by molar-refractivity contribution is 5.82. The molecule has 1 saturated heterocycles. The number of benzene rings is 4. The van der Waals surface area contributed by atoms with Gasteiger partial charge in [-0.15, -0.1) is 0 Å². The van der Waals surface area contributed by atoms with E-state index in [1.807, 2.05) is 18.2 Å². The van der Waals surface area contributed by atoms with Crippen LogP contribution in [0.2, 0.25) is 0 Å². The maximum atomic E-state index is 6.71. The van der Waals surface area contributed by atoms with Crippen LogP contribution in [0.3, 0.4) is 0 Å². The van der Waals surface area contributed by atoms with E-state index in [-0.39, 0.29) is 12.0 Å². The van der Waals surface area contributed by atoms with Gasteiger partial charge in [0.25, 0.3) is 0 Å². The molecule has 4 aromatic rings. The van der Waals surface area contributed by atoms with Crippen molar-refractivity contribution in [2.24, 2.45) is 5.92 Å². The van der Waals surface area contributed by atoms with E-state index in [0.717, 1.165) is 38.5 Å². The molecule has 43 heavy (non-hydrogen) atoms. The van der Waals surface area contributed by atoms with Crippen LogP contribution in [0.1, 0.15) is 29.0 Å². The minimum atomic E-state index is 0.0755. The predicted octanol–water partition coefficient (Wildman–Crippen LogP) is 6.16. The summed E-state index contributed by atoms with van der Waals surface area (Å²) in [5.74, 6) is 1.61. The van der Waals surface area contributed by atoms with Crippen molar-refractivity contribution in [2.75, 3.05) is 60.7 Å². The van der Waals surface area contributed by atoms with Gasteiger partial charge in [-0.25, -0.2) is 0 Å². The van der Waals surface area contributed by atoms with Gasteiger partial charge in [-0.2, -0.15) is 0 Å². The zero-order valence-electron chi connectivity index (χ0n) is 26.0.